The number of aryl methyl sites for hydroxylation is 1. The standard InChI is InChI=1S/C20H19F3N2O4/c1-12-7-8-17(28-2)15(9-12)25-11-13(10-18(25)26)19(27)24-14-5-3-4-6-16(14)29-20(21,22)23/h3-9,13H,10-11H2,1-2H3,(H,24,27). The number of alkyl halides is 3. The van der Waals surface area contributed by atoms with E-state index in [0.717, 1.165) is 11.6 Å². The lowest BCUT2D eigenvalue weighted by Gasteiger charge is -2.20. The van der Waals surface area contributed by atoms with Crippen LogP contribution in [0.2, 0.25) is 0 Å². The molecule has 1 aliphatic rings. The Morgan fingerprint density at radius 3 is 2.59 bits per heavy atom. The quantitative estimate of drug-likeness (QED) is 0.815. The largest absolute Gasteiger partial charge is 0.573 e. The van der Waals surface area contributed by atoms with Crippen LogP contribution in [0.15, 0.2) is 42.5 Å². The molecule has 0 bridgehead atoms. The summed E-state index contributed by atoms with van der Waals surface area (Å²) in [5.41, 5.74) is 1.35. The fourth-order valence-electron chi connectivity index (χ4n) is 3.15. The Kier molecular flexibility index (Phi) is 5.67. The molecule has 3 rings (SSSR count). The molecule has 0 aromatic heterocycles. The highest BCUT2D eigenvalue weighted by Crippen LogP contribution is 2.35. The minimum absolute atomic E-state index is 0.0643. The fourth-order valence-corrected chi connectivity index (χ4v) is 3.15. The van der Waals surface area contributed by atoms with Crippen LogP contribution in [0.5, 0.6) is 11.5 Å². The SMILES string of the molecule is COc1ccc(C)cc1N1CC(C(=O)Nc2ccccc2OC(F)(F)F)CC1=O. The normalized spacial score (nSPS) is 16.7. The van der Waals surface area contributed by atoms with E-state index in [0.29, 0.717) is 11.4 Å². The number of nitrogens with zero attached hydrogens (tertiary/aromatic N) is 1. The molecule has 6 nitrogen and oxygen atoms in total. The van der Waals surface area contributed by atoms with Crippen molar-refractivity contribution in [1.29, 1.82) is 0 Å². The van der Waals surface area contributed by atoms with Gasteiger partial charge in [0.1, 0.15) is 5.75 Å². The van der Waals surface area contributed by atoms with E-state index in [2.05, 4.69) is 10.1 Å². The number of rotatable bonds is 5. The van der Waals surface area contributed by atoms with Crippen molar-refractivity contribution in [2.75, 3.05) is 23.9 Å². The highest BCUT2D eigenvalue weighted by molar-refractivity contribution is 6.04. The Bertz CT molecular complexity index is 930. The molecule has 1 heterocycles. The summed E-state index contributed by atoms with van der Waals surface area (Å²) in [5.74, 6) is -1.59. The summed E-state index contributed by atoms with van der Waals surface area (Å²) < 4.78 is 46.9. The second-order valence-electron chi connectivity index (χ2n) is 6.61. The molecule has 0 radical (unpaired) electrons. The van der Waals surface area contributed by atoms with E-state index < -0.39 is 23.9 Å². The van der Waals surface area contributed by atoms with Gasteiger partial charge in [-0.3, -0.25) is 9.59 Å². The van der Waals surface area contributed by atoms with Crippen LogP contribution in [0.1, 0.15) is 12.0 Å². The second-order valence-corrected chi connectivity index (χ2v) is 6.61. The van der Waals surface area contributed by atoms with Gasteiger partial charge in [0.25, 0.3) is 0 Å². The summed E-state index contributed by atoms with van der Waals surface area (Å²) in [5, 5.41) is 2.43. The molecule has 2 aromatic rings. The number of anilines is 2. The summed E-state index contributed by atoms with van der Waals surface area (Å²) in [6.45, 7) is 1.96. The highest BCUT2D eigenvalue weighted by atomic mass is 19.4. The van der Waals surface area contributed by atoms with Gasteiger partial charge in [0.15, 0.2) is 5.75 Å². The van der Waals surface area contributed by atoms with E-state index in [1.807, 2.05) is 13.0 Å². The first-order valence-corrected chi connectivity index (χ1v) is 8.78. The molecular weight excluding hydrogens is 389 g/mol. The van der Waals surface area contributed by atoms with Gasteiger partial charge in [-0.1, -0.05) is 18.2 Å². The van der Waals surface area contributed by atoms with Crippen molar-refractivity contribution in [3.05, 3.63) is 48.0 Å². The Labute approximate surface area is 165 Å². The molecule has 1 unspecified atom stereocenters. The lowest BCUT2D eigenvalue weighted by Crippen LogP contribution is -2.28. The number of amides is 2. The maximum absolute atomic E-state index is 12.6. The Morgan fingerprint density at radius 2 is 1.90 bits per heavy atom. The first-order chi connectivity index (χ1) is 13.7. The van der Waals surface area contributed by atoms with Crippen LogP contribution in [0.25, 0.3) is 0 Å². The molecular formula is C20H19F3N2O4. The number of carbonyl (C=O) groups is 2. The molecule has 154 valence electrons. The minimum atomic E-state index is -4.89. The molecule has 1 N–H and O–H groups in total. The molecule has 0 saturated carbocycles. The van der Waals surface area contributed by atoms with Crippen molar-refractivity contribution >= 4 is 23.2 Å². The number of halogens is 3. The summed E-state index contributed by atoms with van der Waals surface area (Å²) in [7, 11) is 1.48. The summed E-state index contributed by atoms with van der Waals surface area (Å²) in [6, 6.07) is 10.6. The molecule has 0 spiro atoms. The van der Waals surface area contributed by atoms with E-state index in [1.165, 1.54) is 30.2 Å². The molecule has 1 saturated heterocycles. The number of methoxy groups -OCH3 is 1. The van der Waals surface area contributed by atoms with Gasteiger partial charge >= 0.3 is 6.36 Å². The predicted molar refractivity (Wildman–Crippen MR) is 99.9 cm³/mol. The van der Waals surface area contributed by atoms with Gasteiger partial charge in [-0.25, -0.2) is 0 Å². The van der Waals surface area contributed by atoms with E-state index >= 15 is 0 Å². The van der Waals surface area contributed by atoms with Gasteiger partial charge in [-0.05, 0) is 36.8 Å². The van der Waals surface area contributed by atoms with Crippen molar-refractivity contribution in [2.45, 2.75) is 19.7 Å². The fraction of sp³-hybridized carbons (Fsp3) is 0.300. The Balaban J connectivity index is 1.76. The zero-order valence-corrected chi connectivity index (χ0v) is 15.7. The van der Waals surface area contributed by atoms with Gasteiger partial charge in [0, 0.05) is 13.0 Å². The number of hydrogen-bond acceptors (Lipinski definition) is 4. The van der Waals surface area contributed by atoms with E-state index in [-0.39, 0.29) is 24.6 Å². The second kappa shape index (κ2) is 8.02. The maximum atomic E-state index is 12.6. The minimum Gasteiger partial charge on any atom is -0.495 e. The van der Waals surface area contributed by atoms with Crippen LogP contribution in [-0.4, -0.2) is 31.8 Å². The number of benzene rings is 2. The van der Waals surface area contributed by atoms with E-state index in [1.54, 1.807) is 12.1 Å². The molecule has 1 aliphatic heterocycles. The van der Waals surface area contributed by atoms with Gasteiger partial charge in [0.05, 0.1) is 24.4 Å². The van der Waals surface area contributed by atoms with Gasteiger partial charge in [-0.2, -0.15) is 0 Å². The molecule has 1 atom stereocenters. The van der Waals surface area contributed by atoms with Gasteiger partial charge < -0.3 is 19.7 Å². The highest BCUT2D eigenvalue weighted by Gasteiger charge is 2.37. The van der Waals surface area contributed by atoms with Crippen molar-refractivity contribution in [3.8, 4) is 11.5 Å². The lowest BCUT2D eigenvalue weighted by atomic mass is 10.1. The number of hydrogen-bond donors (Lipinski definition) is 1. The molecule has 0 aliphatic carbocycles. The number of carbonyl (C=O) groups excluding carboxylic acids is 2. The molecule has 9 heteroatoms. The average molecular weight is 408 g/mol. The van der Waals surface area contributed by atoms with Crippen molar-refractivity contribution in [1.82, 2.24) is 0 Å². The molecule has 2 amide bonds. The summed E-state index contributed by atoms with van der Waals surface area (Å²) in [6.07, 6.45) is -4.95. The summed E-state index contributed by atoms with van der Waals surface area (Å²) >= 11 is 0. The average Bonchev–Trinajstić information content (AvgIpc) is 3.04. The van der Waals surface area contributed by atoms with Gasteiger partial charge in [0.2, 0.25) is 11.8 Å². The topological polar surface area (TPSA) is 67.9 Å². The predicted octanol–water partition coefficient (Wildman–Crippen LogP) is 3.89. The van der Waals surface area contributed by atoms with Crippen molar-refractivity contribution < 1.29 is 32.2 Å². The van der Waals surface area contributed by atoms with Crippen LogP contribution < -0.4 is 19.7 Å². The monoisotopic (exact) mass is 408 g/mol. The van der Waals surface area contributed by atoms with Crippen LogP contribution in [0.4, 0.5) is 24.5 Å². The van der Waals surface area contributed by atoms with Gasteiger partial charge in [-0.15, -0.1) is 13.2 Å². The lowest BCUT2D eigenvalue weighted by molar-refractivity contribution is -0.274. The van der Waals surface area contributed by atoms with E-state index in [9.17, 15) is 22.8 Å². The van der Waals surface area contributed by atoms with Crippen LogP contribution in [-0.2, 0) is 9.59 Å². The van der Waals surface area contributed by atoms with Crippen molar-refractivity contribution in [2.24, 2.45) is 5.92 Å². The van der Waals surface area contributed by atoms with Crippen LogP contribution in [0, 0.1) is 12.8 Å². The molecule has 29 heavy (non-hydrogen) atoms. The number of ether oxygens (including phenoxy) is 2. The Hall–Kier alpha value is -3.23. The number of nitrogens with one attached hydrogen (secondary N) is 1. The maximum Gasteiger partial charge on any atom is 0.573 e. The third-order valence-corrected chi connectivity index (χ3v) is 4.49. The van der Waals surface area contributed by atoms with Crippen LogP contribution >= 0.6 is 0 Å². The first-order valence-electron chi connectivity index (χ1n) is 8.78. The smallest absolute Gasteiger partial charge is 0.495 e. The number of para-hydroxylation sites is 2. The summed E-state index contributed by atoms with van der Waals surface area (Å²) in [4.78, 5) is 26.6. The van der Waals surface area contributed by atoms with Crippen molar-refractivity contribution in [3.63, 3.8) is 0 Å². The molecule has 1 fully saturated rings. The zero-order chi connectivity index (χ0) is 21.2. The van der Waals surface area contributed by atoms with Crippen LogP contribution in [0.3, 0.4) is 0 Å². The zero-order valence-electron chi connectivity index (χ0n) is 15.7. The third-order valence-electron chi connectivity index (χ3n) is 4.49. The Morgan fingerprint density at radius 1 is 1.17 bits per heavy atom. The van der Waals surface area contributed by atoms with E-state index in [4.69, 9.17) is 4.74 Å². The third kappa shape index (κ3) is 4.79. The molecule has 2 aromatic carbocycles. The first kappa shape index (κ1) is 20.5.